The summed E-state index contributed by atoms with van der Waals surface area (Å²) in [5.74, 6) is -1.67. The fourth-order valence-electron chi connectivity index (χ4n) is 5.03. The summed E-state index contributed by atoms with van der Waals surface area (Å²) in [4.78, 5) is 53.5. The van der Waals surface area contributed by atoms with Crippen molar-refractivity contribution >= 4 is 35.0 Å². The Hall–Kier alpha value is -4.46. The molecule has 0 spiro atoms. The Morgan fingerprint density at radius 1 is 0.892 bits per heavy atom. The van der Waals surface area contributed by atoms with E-state index in [4.69, 9.17) is 0 Å². The summed E-state index contributed by atoms with van der Waals surface area (Å²) in [5.41, 5.74) is 3.08. The van der Waals surface area contributed by atoms with Gasteiger partial charge in [0.1, 0.15) is 18.6 Å². The molecule has 0 bridgehead atoms. The summed E-state index contributed by atoms with van der Waals surface area (Å²) in [6.07, 6.45) is 1.14. The first-order valence-corrected chi connectivity index (χ1v) is 12.4. The molecule has 0 saturated carbocycles. The van der Waals surface area contributed by atoms with Crippen molar-refractivity contribution in [2.24, 2.45) is 0 Å². The molecule has 3 N–H and O–H groups in total. The molecule has 3 atom stereocenters. The monoisotopic (exact) mass is 496 g/mol. The molecule has 3 aromatic carbocycles. The molecule has 2 aliphatic rings. The minimum Gasteiger partial charge on any atom is -0.344 e. The van der Waals surface area contributed by atoms with Gasteiger partial charge in [-0.3, -0.25) is 19.2 Å². The summed E-state index contributed by atoms with van der Waals surface area (Å²) < 4.78 is 0. The summed E-state index contributed by atoms with van der Waals surface area (Å²) in [7, 11) is 0. The van der Waals surface area contributed by atoms with E-state index in [1.54, 1.807) is 12.1 Å². The second-order valence-electron chi connectivity index (χ2n) is 9.33. The number of carbonyl (C=O) groups excluding carboxylic acids is 4. The quantitative estimate of drug-likeness (QED) is 0.488. The van der Waals surface area contributed by atoms with E-state index in [2.05, 4.69) is 16.0 Å². The number of hydrogen-bond acceptors (Lipinski definition) is 4. The van der Waals surface area contributed by atoms with Crippen molar-refractivity contribution in [3.63, 3.8) is 0 Å². The van der Waals surface area contributed by atoms with E-state index in [9.17, 15) is 19.2 Å². The largest absolute Gasteiger partial charge is 0.344 e. The van der Waals surface area contributed by atoms with Gasteiger partial charge in [-0.1, -0.05) is 66.7 Å². The number of nitrogens with zero attached hydrogens (tertiary/aromatic N) is 1. The van der Waals surface area contributed by atoms with Crippen molar-refractivity contribution in [2.45, 2.75) is 37.3 Å². The molecule has 8 nitrogen and oxygen atoms in total. The van der Waals surface area contributed by atoms with Crippen LogP contribution in [0.3, 0.4) is 0 Å². The van der Waals surface area contributed by atoms with Crippen molar-refractivity contribution in [1.29, 1.82) is 0 Å². The first kappa shape index (κ1) is 24.2. The van der Waals surface area contributed by atoms with E-state index in [0.29, 0.717) is 24.2 Å². The lowest BCUT2D eigenvalue weighted by molar-refractivity contribution is -0.130. The standard InChI is InChI=1S/C29H28N4O4/c34-25-16-15-23(31-25)28(36)32-27-22(19-9-3-1-4-10-19)17-20-11-7-8-14-24(20)33(29(27)37)18-26(35)30-21-12-5-2-6-13-21/h1-14,22-23,27H,15-18H2,(H,30,35)(H,31,34)(H,32,36)/t22-,23-,27-/m0/s1. The minimum absolute atomic E-state index is 0.182. The lowest BCUT2D eigenvalue weighted by atomic mass is 9.86. The fraction of sp³-hybridized carbons (Fsp3) is 0.241. The van der Waals surface area contributed by atoms with Crippen molar-refractivity contribution in [3.05, 3.63) is 96.1 Å². The molecular weight excluding hydrogens is 468 g/mol. The molecule has 1 fully saturated rings. The maximum Gasteiger partial charge on any atom is 0.250 e. The van der Waals surface area contributed by atoms with E-state index >= 15 is 0 Å². The Labute approximate surface area is 215 Å². The highest BCUT2D eigenvalue weighted by molar-refractivity contribution is 6.07. The molecule has 0 aliphatic carbocycles. The van der Waals surface area contributed by atoms with Crippen LogP contribution >= 0.6 is 0 Å². The lowest BCUT2D eigenvalue weighted by Gasteiger charge is -2.30. The third-order valence-corrected chi connectivity index (χ3v) is 6.85. The molecule has 0 unspecified atom stereocenters. The third-order valence-electron chi connectivity index (χ3n) is 6.85. The number of carbonyl (C=O) groups is 4. The fourth-order valence-corrected chi connectivity index (χ4v) is 5.03. The van der Waals surface area contributed by atoms with E-state index < -0.39 is 18.0 Å². The molecule has 4 amide bonds. The minimum atomic E-state index is -0.927. The topological polar surface area (TPSA) is 108 Å². The number of anilines is 2. The molecule has 1 saturated heterocycles. The highest BCUT2D eigenvalue weighted by Gasteiger charge is 2.41. The van der Waals surface area contributed by atoms with Crippen LogP contribution in [0.4, 0.5) is 11.4 Å². The summed E-state index contributed by atoms with van der Waals surface area (Å²) in [6, 6.07) is 24.5. The van der Waals surface area contributed by atoms with E-state index in [1.807, 2.05) is 72.8 Å². The molecule has 5 rings (SSSR count). The molecule has 2 aliphatic heterocycles. The number of para-hydroxylation sites is 2. The predicted molar refractivity (Wildman–Crippen MR) is 140 cm³/mol. The predicted octanol–water partition coefficient (Wildman–Crippen LogP) is 2.76. The molecule has 3 aromatic rings. The van der Waals surface area contributed by atoms with Crippen LogP contribution in [0.5, 0.6) is 0 Å². The zero-order valence-electron chi connectivity index (χ0n) is 20.2. The number of nitrogens with one attached hydrogen (secondary N) is 3. The smallest absolute Gasteiger partial charge is 0.250 e. The number of benzene rings is 3. The molecule has 8 heteroatoms. The highest BCUT2D eigenvalue weighted by Crippen LogP contribution is 2.35. The Kier molecular flexibility index (Phi) is 6.98. The van der Waals surface area contributed by atoms with Crippen LogP contribution in [0.25, 0.3) is 0 Å². The van der Waals surface area contributed by atoms with Crippen LogP contribution in [0.2, 0.25) is 0 Å². The van der Waals surface area contributed by atoms with Crippen LogP contribution in [0, 0.1) is 0 Å². The Morgan fingerprint density at radius 2 is 1.57 bits per heavy atom. The average Bonchev–Trinajstić information content (AvgIpc) is 3.32. The van der Waals surface area contributed by atoms with E-state index in [1.165, 1.54) is 4.90 Å². The molecule has 37 heavy (non-hydrogen) atoms. The van der Waals surface area contributed by atoms with Gasteiger partial charge < -0.3 is 20.9 Å². The third kappa shape index (κ3) is 5.38. The second-order valence-corrected chi connectivity index (χ2v) is 9.33. The van der Waals surface area contributed by atoms with E-state index in [0.717, 1.165) is 11.1 Å². The van der Waals surface area contributed by atoms with Gasteiger partial charge in [-0.25, -0.2) is 0 Å². The van der Waals surface area contributed by atoms with Crippen molar-refractivity contribution in [3.8, 4) is 0 Å². The number of amides is 4. The zero-order chi connectivity index (χ0) is 25.8. The van der Waals surface area contributed by atoms with Gasteiger partial charge in [0.25, 0.3) is 5.91 Å². The Morgan fingerprint density at radius 3 is 2.27 bits per heavy atom. The molecular formula is C29H28N4O4. The van der Waals surface area contributed by atoms with Crippen LogP contribution in [-0.2, 0) is 25.6 Å². The maximum absolute atomic E-state index is 14.1. The molecule has 0 radical (unpaired) electrons. The first-order chi connectivity index (χ1) is 18.0. The molecule has 0 aromatic heterocycles. The van der Waals surface area contributed by atoms with Gasteiger partial charge in [-0.15, -0.1) is 0 Å². The summed E-state index contributed by atoms with van der Waals surface area (Å²) >= 11 is 0. The van der Waals surface area contributed by atoms with Crippen molar-refractivity contribution in [2.75, 3.05) is 16.8 Å². The number of fused-ring (bicyclic) bond motifs is 1. The van der Waals surface area contributed by atoms with E-state index in [-0.39, 0.29) is 36.6 Å². The summed E-state index contributed by atoms with van der Waals surface area (Å²) in [6.45, 7) is -0.210. The zero-order valence-corrected chi connectivity index (χ0v) is 20.2. The highest BCUT2D eigenvalue weighted by atomic mass is 16.2. The number of rotatable bonds is 6. The average molecular weight is 497 g/mol. The van der Waals surface area contributed by atoms with Crippen molar-refractivity contribution < 1.29 is 19.2 Å². The van der Waals surface area contributed by atoms with Gasteiger partial charge in [0.2, 0.25) is 17.7 Å². The van der Waals surface area contributed by atoms with Crippen LogP contribution in [0.1, 0.15) is 29.9 Å². The maximum atomic E-state index is 14.1. The normalized spacial score (nSPS) is 21.0. The van der Waals surface area contributed by atoms with Gasteiger partial charge in [-0.05, 0) is 42.2 Å². The second kappa shape index (κ2) is 10.7. The van der Waals surface area contributed by atoms with Crippen LogP contribution in [0.15, 0.2) is 84.9 Å². The van der Waals surface area contributed by atoms with Crippen LogP contribution in [-0.4, -0.2) is 42.3 Å². The first-order valence-electron chi connectivity index (χ1n) is 12.4. The van der Waals surface area contributed by atoms with Gasteiger partial charge >= 0.3 is 0 Å². The molecule has 2 heterocycles. The van der Waals surface area contributed by atoms with Gasteiger partial charge in [0.05, 0.1) is 0 Å². The van der Waals surface area contributed by atoms with Crippen LogP contribution < -0.4 is 20.9 Å². The number of hydrogen-bond donors (Lipinski definition) is 3. The van der Waals surface area contributed by atoms with Gasteiger partial charge in [-0.2, -0.15) is 0 Å². The Bertz CT molecular complexity index is 1310. The lowest BCUT2D eigenvalue weighted by Crippen LogP contribution is -2.55. The van der Waals surface area contributed by atoms with Crippen molar-refractivity contribution in [1.82, 2.24) is 10.6 Å². The Balaban J connectivity index is 1.49. The molecule has 188 valence electrons. The van der Waals surface area contributed by atoms with Gasteiger partial charge in [0, 0.05) is 23.7 Å². The summed E-state index contributed by atoms with van der Waals surface area (Å²) in [5, 5.41) is 8.45. The van der Waals surface area contributed by atoms with Gasteiger partial charge in [0.15, 0.2) is 0 Å². The SMILES string of the molecule is O=C(CN1C(=O)[C@@H](NC(=O)[C@@H]2CCC(=O)N2)[C@H](c2ccccc2)Cc2ccccc21)Nc1ccccc1.